The first-order valence-electron chi connectivity index (χ1n) is 6.96. The van der Waals surface area contributed by atoms with Crippen LogP contribution in [0.3, 0.4) is 0 Å². The Kier molecular flexibility index (Phi) is 8.85. The van der Waals surface area contributed by atoms with Crippen LogP contribution in [0.2, 0.25) is 0 Å². The standard InChI is InChI=1S/C19H15Se3.Li/c1-4-10-16(11-5-1)20-19(21-17-12-6-2-7-13-17)22-18-14-8-3-9-15-18;/h1-15H;/q-1;+1. The van der Waals surface area contributed by atoms with Gasteiger partial charge in [-0.05, 0) is 0 Å². The summed E-state index contributed by atoms with van der Waals surface area (Å²) in [6.07, 6.45) is 0. The second-order valence-corrected chi connectivity index (χ2v) is 15.2. The molecule has 3 rings (SSSR count). The van der Waals surface area contributed by atoms with Gasteiger partial charge in [0.1, 0.15) is 0 Å². The van der Waals surface area contributed by atoms with E-state index in [1.165, 1.54) is 13.4 Å². The zero-order valence-electron chi connectivity index (χ0n) is 12.9. The van der Waals surface area contributed by atoms with Gasteiger partial charge >= 0.3 is 171 Å². The molecule has 0 amide bonds. The molecular formula is C19H15LiSe3. The molecule has 0 spiro atoms. The summed E-state index contributed by atoms with van der Waals surface area (Å²) >= 11 is 1.40. The van der Waals surface area contributed by atoms with Crippen LogP contribution in [-0.2, 0) is 0 Å². The van der Waals surface area contributed by atoms with Gasteiger partial charge < -0.3 is 0 Å². The third-order valence-electron chi connectivity index (χ3n) is 2.83. The Morgan fingerprint density at radius 2 is 0.696 bits per heavy atom. The van der Waals surface area contributed by atoms with E-state index in [2.05, 4.69) is 91.0 Å². The van der Waals surface area contributed by atoms with Gasteiger partial charge in [-0.3, -0.25) is 0 Å². The van der Waals surface area contributed by atoms with Crippen molar-refractivity contribution in [3.05, 3.63) is 93.6 Å². The van der Waals surface area contributed by atoms with E-state index < -0.39 is 0 Å². The Bertz CT molecular complexity index is 576. The average molecular weight is 487 g/mol. The Morgan fingerprint density at radius 1 is 0.435 bits per heavy atom. The fourth-order valence-electron chi connectivity index (χ4n) is 1.82. The van der Waals surface area contributed by atoms with Crippen LogP contribution in [-0.4, -0.2) is 44.9 Å². The van der Waals surface area contributed by atoms with Gasteiger partial charge in [0.05, 0.1) is 0 Å². The van der Waals surface area contributed by atoms with E-state index in [1.54, 1.807) is 2.61 Å². The fraction of sp³-hybridized carbons (Fsp3) is 0. The Labute approximate surface area is 169 Å². The second-order valence-electron chi connectivity index (χ2n) is 4.50. The molecule has 0 bridgehead atoms. The molecule has 23 heavy (non-hydrogen) atoms. The molecule has 3 aromatic carbocycles. The maximum atomic E-state index is 2.27. The molecule has 0 nitrogen and oxygen atoms in total. The van der Waals surface area contributed by atoms with Crippen LogP contribution in [0.25, 0.3) is 0 Å². The van der Waals surface area contributed by atoms with Gasteiger partial charge in [0.25, 0.3) is 0 Å². The number of benzene rings is 3. The summed E-state index contributed by atoms with van der Waals surface area (Å²) < 4.78 is 6.21. The van der Waals surface area contributed by atoms with E-state index in [-0.39, 0.29) is 18.9 Å². The Morgan fingerprint density at radius 3 is 0.957 bits per heavy atom. The SMILES string of the molecule is [Li+].c1ccc([Se][C-]([Se]c2ccccc2)[Se]c2ccccc2)cc1. The Balaban J connectivity index is 0.00000192. The van der Waals surface area contributed by atoms with Crippen LogP contribution in [0, 0.1) is 2.61 Å². The molecule has 3 aromatic rings. The van der Waals surface area contributed by atoms with Gasteiger partial charge in [-0.15, -0.1) is 0 Å². The van der Waals surface area contributed by atoms with Crippen molar-refractivity contribution >= 4 is 58.3 Å². The van der Waals surface area contributed by atoms with E-state index >= 15 is 0 Å². The van der Waals surface area contributed by atoms with Gasteiger partial charge in [-0.2, -0.15) is 0 Å². The number of hydrogen-bond donors (Lipinski definition) is 0. The van der Waals surface area contributed by atoms with E-state index in [9.17, 15) is 0 Å². The van der Waals surface area contributed by atoms with Gasteiger partial charge in [-0.1, -0.05) is 0 Å². The Hall–Kier alpha value is -0.184. The number of rotatable bonds is 6. The van der Waals surface area contributed by atoms with E-state index in [0.29, 0.717) is 44.9 Å². The molecule has 0 aliphatic rings. The first-order chi connectivity index (χ1) is 10.9. The van der Waals surface area contributed by atoms with Crippen LogP contribution < -0.4 is 32.2 Å². The zero-order chi connectivity index (χ0) is 15.0. The number of hydrogen-bond acceptors (Lipinski definition) is 0. The van der Waals surface area contributed by atoms with Crippen LogP contribution >= 0.6 is 0 Å². The predicted molar refractivity (Wildman–Crippen MR) is 98.7 cm³/mol. The van der Waals surface area contributed by atoms with Crippen molar-refractivity contribution in [1.29, 1.82) is 0 Å². The first kappa shape index (κ1) is 19.1. The zero-order valence-corrected chi connectivity index (χ0v) is 18.0. The van der Waals surface area contributed by atoms with Crippen molar-refractivity contribution in [2.24, 2.45) is 0 Å². The van der Waals surface area contributed by atoms with Crippen LogP contribution in [0.15, 0.2) is 91.0 Å². The molecule has 0 radical (unpaired) electrons. The van der Waals surface area contributed by atoms with Crippen molar-refractivity contribution in [3.8, 4) is 0 Å². The molecule has 0 N–H and O–H groups in total. The summed E-state index contributed by atoms with van der Waals surface area (Å²) in [5.74, 6) is 0. The van der Waals surface area contributed by atoms with Crippen molar-refractivity contribution in [1.82, 2.24) is 0 Å². The van der Waals surface area contributed by atoms with Crippen molar-refractivity contribution < 1.29 is 18.9 Å². The molecule has 0 aliphatic carbocycles. The van der Waals surface area contributed by atoms with Gasteiger partial charge in [0, 0.05) is 0 Å². The predicted octanol–water partition coefficient (Wildman–Crippen LogP) is -1.47. The van der Waals surface area contributed by atoms with Crippen LogP contribution in [0.4, 0.5) is 0 Å². The maximum absolute atomic E-state index is 2.27. The molecule has 0 saturated heterocycles. The summed E-state index contributed by atoms with van der Waals surface area (Å²) in [6.45, 7) is 0. The minimum absolute atomic E-state index is 0. The van der Waals surface area contributed by atoms with Crippen molar-refractivity contribution in [3.63, 3.8) is 0 Å². The van der Waals surface area contributed by atoms with Gasteiger partial charge in [0.15, 0.2) is 0 Å². The summed E-state index contributed by atoms with van der Waals surface area (Å²) in [6, 6.07) is 32.8. The van der Waals surface area contributed by atoms with Crippen LogP contribution in [0.5, 0.6) is 0 Å². The van der Waals surface area contributed by atoms with E-state index in [1.807, 2.05) is 0 Å². The van der Waals surface area contributed by atoms with Crippen molar-refractivity contribution in [2.45, 2.75) is 0 Å². The molecule has 0 aliphatic heterocycles. The quantitative estimate of drug-likeness (QED) is 0.295. The third-order valence-corrected chi connectivity index (χ3v) is 12.5. The van der Waals surface area contributed by atoms with Crippen LogP contribution in [0.1, 0.15) is 0 Å². The molecular weight excluding hydrogens is 472 g/mol. The molecule has 0 fully saturated rings. The molecule has 0 aromatic heterocycles. The summed E-state index contributed by atoms with van der Waals surface area (Å²) in [5, 5.41) is 0. The van der Waals surface area contributed by atoms with Crippen molar-refractivity contribution in [2.75, 3.05) is 0 Å². The first-order valence-corrected chi connectivity index (χ1v) is 12.1. The topological polar surface area (TPSA) is 0 Å². The fourth-order valence-corrected chi connectivity index (χ4v) is 12.8. The second kappa shape index (κ2) is 10.6. The summed E-state index contributed by atoms with van der Waals surface area (Å²) in [4.78, 5) is 0. The molecule has 4 heteroatoms. The van der Waals surface area contributed by atoms with Gasteiger partial charge in [0.2, 0.25) is 0 Å². The third kappa shape index (κ3) is 6.68. The summed E-state index contributed by atoms with van der Waals surface area (Å²) in [7, 11) is 0. The molecule has 110 valence electrons. The normalized spacial score (nSPS) is 10.3. The molecule has 0 saturated carbocycles. The van der Waals surface area contributed by atoms with E-state index in [4.69, 9.17) is 0 Å². The molecule has 0 heterocycles. The monoisotopic (exact) mass is 490 g/mol. The molecule has 0 atom stereocenters. The van der Waals surface area contributed by atoms with E-state index in [0.717, 1.165) is 0 Å². The average Bonchev–Trinajstić information content (AvgIpc) is 2.57. The van der Waals surface area contributed by atoms with Gasteiger partial charge in [-0.25, -0.2) is 0 Å². The summed E-state index contributed by atoms with van der Waals surface area (Å²) in [5.41, 5.74) is 0. The molecule has 0 unspecified atom stereocenters. The minimum atomic E-state index is 0.